The second-order valence-corrected chi connectivity index (χ2v) is 6.31. The highest BCUT2D eigenvalue weighted by Crippen LogP contribution is 2.33. The molecule has 7 heteroatoms. The van der Waals surface area contributed by atoms with Gasteiger partial charge in [0.15, 0.2) is 5.69 Å². The average Bonchev–Trinajstić information content (AvgIpc) is 2.68. The summed E-state index contributed by atoms with van der Waals surface area (Å²) in [4.78, 5) is 24.7. The number of hydrogen-bond acceptors (Lipinski definition) is 3. The first-order chi connectivity index (χ1) is 8.90. The first-order valence-corrected chi connectivity index (χ1v) is 7.01. The van der Waals surface area contributed by atoms with E-state index in [1.165, 1.54) is 23.7 Å². The van der Waals surface area contributed by atoms with Crippen molar-refractivity contribution >= 4 is 27.7 Å². The molecule has 0 atom stereocenters. The van der Waals surface area contributed by atoms with E-state index in [0.29, 0.717) is 23.0 Å². The maximum Gasteiger partial charge on any atom is 0.323 e. The number of amides is 1. The van der Waals surface area contributed by atoms with Crippen LogP contribution in [0.4, 0.5) is 5.82 Å². The van der Waals surface area contributed by atoms with Crippen LogP contribution in [0.3, 0.4) is 0 Å². The lowest BCUT2D eigenvalue weighted by Gasteiger charge is -2.34. The molecule has 0 radical (unpaired) electrons. The maximum atomic E-state index is 12.2. The van der Waals surface area contributed by atoms with E-state index in [-0.39, 0.29) is 11.7 Å². The van der Waals surface area contributed by atoms with Gasteiger partial charge in [0.05, 0.1) is 7.05 Å². The number of halogens is 1. The molecule has 1 amide bonds. The van der Waals surface area contributed by atoms with Gasteiger partial charge in [-0.15, -0.1) is 0 Å². The van der Waals surface area contributed by atoms with Crippen molar-refractivity contribution in [3.63, 3.8) is 0 Å². The third kappa shape index (κ3) is 2.80. The maximum absolute atomic E-state index is 12.2. The molecule has 1 aromatic heterocycles. The van der Waals surface area contributed by atoms with Gasteiger partial charge in [0.1, 0.15) is 0 Å². The summed E-state index contributed by atoms with van der Waals surface area (Å²) in [5.74, 6) is 0.281. The topological polar surface area (TPSA) is 68.4 Å². The number of carbonyl (C=O) groups excluding carboxylic acids is 1. The first kappa shape index (κ1) is 14.0. The fourth-order valence-corrected chi connectivity index (χ4v) is 3.43. The minimum atomic E-state index is -0.488. The van der Waals surface area contributed by atoms with Gasteiger partial charge in [-0.2, -0.15) is 0 Å². The van der Waals surface area contributed by atoms with E-state index in [4.69, 9.17) is 0 Å². The number of hydrogen-bond donors (Lipinski definition) is 0. The summed E-state index contributed by atoms with van der Waals surface area (Å²) < 4.78 is 1.33. The van der Waals surface area contributed by atoms with E-state index in [2.05, 4.69) is 15.9 Å². The zero-order chi connectivity index (χ0) is 14.2. The van der Waals surface area contributed by atoms with E-state index < -0.39 is 4.92 Å². The van der Waals surface area contributed by atoms with E-state index >= 15 is 0 Å². The average molecular weight is 330 g/mol. The van der Waals surface area contributed by atoms with Crippen molar-refractivity contribution in [1.82, 2.24) is 9.47 Å². The van der Waals surface area contributed by atoms with Crippen LogP contribution in [0.2, 0.25) is 0 Å². The highest BCUT2D eigenvalue weighted by atomic mass is 79.9. The Morgan fingerprint density at radius 3 is 2.68 bits per heavy atom. The van der Waals surface area contributed by atoms with Gasteiger partial charge in [-0.25, -0.2) is 4.57 Å². The van der Waals surface area contributed by atoms with Gasteiger partial charge >= 0.3 is 5.82 Å². The van der Waals surface area contributed by atoms with Crippen LogP contribution in [0.15, 0.2) is 12.1 Å². The van der Waals surface area contributed by atoms with Crippen LogP contribution >= 0.6 is 15.9 Å². The Morgan fingerprint density at radius 1 is 1.58 bits per heavy atom. The molecule has 19 heavy (non-hydrogen) atoms. The predicted molar refractivity (Wildman–Crippen MR) is 74.5 cm³/mol. The lowest BCUT2D eigenvalue weighted by molar-refractivity contribution is -0.391. The molecule has 1 aliphatic rings. The van der Waals surface area contributed by atoms with Gasteiger partial charge in [-0.05, 0) is 29.7 Å². The van der Waals surface area contributed by atoms with Crippen molar-refractivity contribution in [1.29, 1.82) is 0 Å². The van der Waals surface area contributed by atoms with Crippen LogP contribution in [-0.2, 0) is 7.05 Å². The second-order valence-electron chi connectivity index (χ2n) is 5.01. The standard InChI is InChI=1S/C12H16BrN3O3/c1-14(7-8-5-9(13)6-8)12(17)10-3-4-11(15(10)2)16(18)19/h3-4,8-9H,5-7H2,1-2H3. The molecule has 0 unspecified atom stereocenters. The molecule has 1 fully saturated rings. The van der Waals surface area contributed by atoms with Crippen molar-refractivity contribution in [2.45, 2.75) is 17.7 Å². The van der Waals surface area contributed by atoms with Crippen LogP contribution in [0.25, 0.3) is 0 Å². The number of aromatic nitrogens is 1. The van der Waals surface area contributed by atoms with Crippen LogP contribution < -0.4 is 0 Å². The molecule has 1 aromatic rings. The summed E-state index contributed by atoms with van der Waals surface area (Å²) in [6.45, 7) is 0.694. The quantitative estimate of drug-likeness (QED) is 0.483. The number of nitrogens with zero attached hydrogens (tertiary/aromatic N) is 3. The third-order valence-corrected chi connectivity index (χ3v) is 4.31. The van der Waals surface area contributed by atoms with E-state index in [1.54, 1.807) is 11.9 Å². The largest absolute Gasteiger partial charge is 0.358 e. The van der Waals surface area contributed by atoms with Crippen molar-refractivity contribution in [2.75, 3.05) is 13.6 Å². The van der Waals surface area contributed by atoms with Crippen LogP contribution in [0.1, 0.15) is 23.3 Å². The first-order valence-electron chi connectivity index (χ1n) is 6.09. The molecule has 0 aliphatic heterocycles. The Hall–Kier alpha value is -1.37. The molecule has 104 valence electrons. The number of rotatable bonds is 4. The Balaban J connectivity index is 2.04. The van der Waals surface area contributed by atoms with Crippen molar-refractivity contribution in [3.8, 4) is 0 Å². The summed E-state index contributed by atoms with van der Waals surface area (Å²) in [5, 5.41) is 10.8. The van der Waals surface area contributed by atoms with Crippen LogP contribution in [0.5, 0.6) is 0 Å². The SMILES string of the molecule is CN(CC1CC(Br)C1)C(=O)c1ccc([N+](=O)[O-])n1C. The normalized spacial score (nSPS) is 21.8. The van der Waals surface area contributed by atoms with Crippen LogP contribution in [0, 0.1) is 16.0 Å². The summed E-state index contributed by atoms with van der Waals surface area (Å²) >= 11 is 3.52. The summed E-state index contributed by atoms with van der Waals surface area (Å²) in [7, 11) is 3.28. The Labute approximate surface area is 119 Å². The molecule has 0 spiro atoms. The van der Waals surface area contributed by atoms with E-state index in [0.717, 1.165) is 12.8 Å². The molecule has 1 saturated carbocycles. The summed E-state index contributed by atoms with van der Waals surface area (Å²) in [6.07, 6.45) is 2.15. The molecule has 0 bridgehead atoms. The minimum Gasteiger partial charge on any atom is -0.358 e. The molecular weight excluding hydrogens is 314 g/mol. The molecule has 0 N–H and O–H groups in total. The predicted octanol–water partition coefficient (Wildman–Crippen LogP) is 2.18. The highest BCUT2D eigenvalue weighted by Gasteiger charge is 2.30. The summed E-state index contributed by atoms with van der Waals surface area (Å²) in [5.41, 5.74) is 0.351. The van der Waals surface area contributed by atoms with Crippen LogP contribution in [-0.4, -0.2) is 38.7 Å². The molecule has 0 aromatic carbocycles. The Morgan fingerprint density at radius 2 is 2.21 bits per heavy atom. The highest BCUT2D eigenvalue weighted by molar-refractivity contribution is 9.09. The fraction of sp³-hybridized carbons (Fsp3) is 0.583. The lowest BCUT2D eigenvalue weighted by atomic mass is 9.85. The number of alkyl halides is 1. The number of carbonyl (C=O) groups is 1. The molecule has 6 nitrogen and oxygen atoms in total. The van der Waals surface area contributed by atoms with E-state index in [1.807, 2.05) is 0 Å². The van der Waals surface area contributed by atoms with Gasteiger partial charge in [0, 0.05) is 24.5 Å². The molecular formula is C12H16BrN3O3. The zero-order valence-corrected chi connectivity index (χ0v) is 12.5. The van der Waals surface area contributed by atoms with Crippen molar-refractivity contribution in [3.05, 3.63) is 27.9 Å². The molecule has 1 heterocycles. The minimum absolute atomic E-state index is 0.0686. The molecule has 0 saturated heterocycles. The fourth-order valence-electron chi connectivity index (χ4n) is 2.37. The third-order valence-electron chi connectivity index (χ3n) is 3.56. The van der Waals surface area contributed by atoms with Gasteiger partial charge < -0.3 is 15.0 Å². The zero-order valence-electron chi connectivity index (χ0n) is 10.9. The molecule has 2 rings (SSSR count). The lowest BCUT2D eigenvalue weighted by Crippen LogP contribution is -2.38. The van der Waals surface area contributed by atoms with E-state index in [9.17, 15) is 14.9 Å². The Bertz CT molecular complexity index is 508. The summed E-state index contributed by atoms with van der Waals surface area (Å²) in [6, 6.07) is 2.87. The van der Waals surface area contributed by atoms with Gasteiger partial charge in [0.25, 0.3) is 5.91 Å². The van der Waals surface area contributed by atoms with Crippen molar-refractivity contribution in [2.24, 2.45) is 13.0 Å². The van der Waals surface area contributed by atoms with Crippen molar-refractivity contribution < 1.29 is 9.72 Å². The van der Waals surface area contributed by atoms with Gasteiger partial charge in [-0.1, -0.05) is 15.9 Å². The number of nitro groups is 1. The Kier molecular flexibility index (Phi) is 3.93. The smallest absolute Gasteiger partial charge is 0.323 e. The molecule has 1 aliphatic carbocycles. The van der Waals surface area contributed by atoms with Gasteiger partial charge in [0.2, 0.25) is 0 Å². The second kappa shape index (κ2) is 5.32. The monoisotopic (exact) mass is 329 g/mol. The van der Waals surface area contributed by atoms with Gasteiger partial charge in [-0.3, -0.25) is 4.79 Å².